The number of guanidine groups is 1. The Hall–Kier alpha value is -1.71. The largest absolute Gasteiger partial charge is 0.492 e. The maximum absolute atomic E-state index is 5.56. The Labute approximate surface area is 96.7 Å². The molecule has 4 heteroatoms. The Morgan fingerprint density at radius 2 is 2.00 bits per heavy atom. The molecule has 0 unspecified atom stereocenters. The van der Waals surface area contributed by atoms with E-state index in [-0.39, 0.29) is 0 Å². The lowest BCUT2D eigenvalue weighted by Gasteiger charge is -2.09. The molecular weight excluding hydrogens is 202 g/mol. The van der Waals surface area contributed by atoms with Crippen molar-refractivity contribution in [1.82, 2.24) is 10.6 Å². The fourth-order valence-corrected chi connectivity index (χ4v) is 1.25. The minimum absolute atomic E-state index is 0.615. The molecule has 4 nitrogen and oxygen atoms in total. The van der Waals surface area contributed by atoms with Crippen molar-refractivity contribution in [2.45, 2.75) is 6.92 Å². The predicted molar refractivity (Wildman–Crippen MR) is 67.1 cm³/mol. The standard InChI is InChI=1S/C12H19N3O/c1-10-4-6-11(7-5-10)16-9-8-15-12(13-2)14-3/h4-7H,8-9H2,1-3H3,(H2,13,14,15). The molecule has 0 radical (unpaired) electrons. The summed E-state index contributed by atoms with van der Waals surface area (Å²) < 4.78 is 5.56. The van der Waals surface area contributed by atoms with E-state index in [2.05, 4.69) is 22.5 Å². The van der Waals surface area contributed by atoms with Crippen LogP contribution in [0.25, 0.3) is 0 Å². The summed E-state index contributed by atoms with van der Waals surface area (Å²) >= 11 is 0. The molecule has 0 aliphatic carbocycles. The van der Waals surface area contributed by atoms with Crippen LogP contribution >= 0.6 is 0 Å². The number of rotatable bonds is 4. The average molecular weight is 221 g/mol. The average Bonchev–Trinajstić information content (AvgIpc) is 2.32. The van der Waals surface area contributed by atoms with Gasteiger partial charge >= 0.3 is 0 Å². The molecule has 0 amide bonds. The van der Waals surface area contributed by atoms with Gasteiger partial charge in [-0.15, -0.1) is 0 Å². The van der Waals surface area contributed by atoms with Crippen molar-refractivity contribution in [3.05, 3.63) is 29.8 Å². The zero-order chi connectivity index (χ0) is 11.8. The van der Waals surface area contributed by atoms with Crippen molar-refractivity contribution in [2.75, 3.05) is 27.2 Å². The molecule has 16 heavy (non-hydrogen) atoms. The molecular formula is C12H19N3O. The Kier molecular flexibility index (Phi) is 5.19. The summed E-state index contributed by atoms with van der Waals surface area (Å²) in [7, 11) is 3.57. The van der Waals surface area contributed by atoms with Gasteiger partial charge in [0, 0.05) is 14.1 Å². The molecule has 0 aliphatic heterocycles. The van der Waals surface area contributed by atoms with Crippen molar-refractivity contribution in [3.63, 3.8) is 0 Å². The zero-order valence-electron chi connectivity index (χ0n) is 10.1. The number of aryl methyl sites for hydroxylation is 1. The third kappa shape index (κ3) is 4.21. The highest BCUT2D eigenvalue weighted by atomic mass is 16.5. The summed E-state index contributed by atoms with van der Waals surface area (Å²) in [5.74, 6) is 1.67. The lowest BCUT2D eigenvalue weighted by molar-refractivity contribution is 0.322. The first-order valence-corrected chi connectivity index (χ1v) is 5.34. The second-order valence-corrected chi connectivity index (χ2v) is 3.41. The van der Waals surface area contributed by atoms with E-state index in [9.17, 15) is 0 Å². The minimum atomic E-state index is 0.615. The number of aliphatic imine (C=N–C) groups is 1. The molecule has 0 atom stereocenters. The van der Waals surface area contributed by atoms with Gasteiger partial charge in [-0.05, 0) is 19.1 Å². The van der Waals surface area contributed by atoms with Gasteiger partial charge in [-0.1, -0.05) is 17.7 Å². The molecule has 0 fully saturated rings. The van der Waals surface area contributed by atoms with Crippen LogP contribution in [0, 0.1) is 6.92 Å². The van der Waals surface area contributed by atoms with Crippen LogP contribution < -0.4 is 15.4 Å². The maximum Gasteiger partial charge on any atom is 0.190 e. The smallest absolute Gasteiger partial charge is 0.190 e. The molecule has 0 saturated heterocycles. The van der Waals surface area contributed by atoms with Gasteiger partial charge in [0.05, 0.1) is 6.54 Å². The second-order valence-electron chi connectivity index (χ2n) is 3.41. The first kappa shape index (κ1) is 12.4. The number of hydrogen-bond acceptors (Lipinski definition) is 2. The molecule has 0 spiro atoms. The first-order valence-electron chi connectivity index (χ1n) is 5.34. The molecule has 2 N–H and O–H groups in total. The van der Waals surface area contributed by atoms with Gasteiger partial charge in [0.15, 0.2) is 5.96 Å². The predicted octanol–water partition coefficient (Wildman–Crippen LogP) is 1.17. The van der Waals surface area contributed by atoms with E-state index in [0.717, 1.165) is 18.3 Å². The van der Waals surface area contributed by atoms with Crippen LogP contribution in [0.2, 0.25) is 0 Å². The lowest BCUT2D eigenvalue weighted by Crippen LogP contribution is -2.37. The second kappa shape index (κ2) is 6.71. The van der Waals surface area contributed by atoms with E-state index in [1.54, 1.807) is 7.05 Å². The third-order valence-corrected chi connectivity index (χ3v) is 2.14. The molecule has 1 rings (SSSR count). The fourth-order valence-electron chi connectivity index (χ4n) is 1.25. The van der Waals surface area contributed by atoms with Gasteiger partial charge in [-0.3, -0.25) is 4.99 Å². The molecule has 0 bridgehead atoms. The SMILES string of the molecule is CN=C(NC)NCCOc1ccc(C)cc1. The molecule has 0 heterocycles. The van der Waals surface area contributed by atoms with E-state index in [0.29, 0.717) is 6.61 Å². The van der Waals surface area contributed by atoms with Crippen molar-refractivity contribution in [1.29, 1.82) is 0 Å². The molecule has 88 valence electrons. The van der Waals surface area contributed by atoms with Gasteiger partial charge in [-0.25, -0.2) is 0 Å². The highest BCUT2D eigenvalue weighted by molar-refractivity contribution is 5.79. The number of benzene rings is 1. The van der Waals surface area contributed by atoms with E-state index >= 15 is 0 Å². The first-order chi connectivity index (χ1) is 7.76. The summed E-state index contributed by atoms with van der Waals surface area (Å²) in [5, 5.41) is 6.06. The minimum Gasteiger partial charge on any atom is -0.492 e. The fraction of sp³-hybridized carbons (Fsp3) is 0.417. The Morgan fingerprint density at radius 3 is 2.56 bits per heavy atom. The Balaban J connectivity index is 2.23. The van der Waals surface area contributed by atoms with Gasteiger partial charge in [-0.2, -0.15) is 0 Å². The maximum atomic E-state index is 5.56. The number of ether oxygens (including phenoxy) is 1. The van der Waals surface area contributed by atoms with E-state index in [1.165, 1.54) is 5.56 Å². The normalized spacial score (nSPS) is 11.1. The van der Waals surface area contributed by atoms with Crippen LogP contribution in [-0.4, -0.2) is 33.2 Å². The Morgan fingerprint density at radius 1 is 1.31 bits per heavy atom. The van der Waals surface area contributed by atoms with E-state index in [1.807, 2.05) is 31.3 Å². The van der Waals surface area contributed by atoms with Crippen LogP contribution in [0.1, 0.15) is 5.56 Å². The third-order valence-electron chi connectivity index (χ3n) is 2.14. The highest BCUT2D eigenvalue weighted by Gasteiger charge is 1.94. The van der Waals surface area contributed by atoms with Crippen LogP contribution in [0.5, 0.6) is 5.75 Å². The van der Waals surface area contributed by atoms with Crippen LogP contribution in [-0.2, 0) is 0 Å². The lowest BCUT2D eigenvalue weighted by atomic mass is 10.2. The van der Waals surface area contributed by atoms with Gasteiger partial charge < -0.3 is 15.4 Å². The highest BCUT2D eigenvalue weighted by Crippen LogP contribution is 2.10. The van der Waals surface area contributed by atoms with E-state index < -0.39 is 0 Å². The molecule has 0 saturated carbocycles. The number of nitrogens with zero attached hydrogens (tertiary/aromatic N) is 1. The topological polar surface area (TPSA) is 45.7 Å². The van der Waals surface area contributed by atoms with Crippen LogP contribution in [0.3, 0.4) is 0 Å². The summed E-state index contributed by atoms with van der Waals surface area (Å²) in [6.45, 7) is 3.40. The van der Waals surface area contributed by atoms with Gasteiger partial charge in [0.2, 0.25) is 0 Å². The van der Waals surface area contributed by atoms with Gasteiger partial charge in [0.1, 0.15) is 12.4 Å². The molecule has 1 aromatic carbocycles. The summed E-state index contributed by atoms with van der Waals surface area (Å²) in [5.41, 5.74) is 1.24. The van der Waals surface area contributed by atoms with Crippen molar-refractivity contribution < 1.29 is 4.74 Å². The van der Waals surface area contributed by atoms with Crippen LogP contribution in [0.15, 0.2) is 29.3 Å². The number of hydrogen-bond donors (Lipinski definition) is 2. The zero-order valence-corrected chi connectivity index (χ0v) is 10.1. The van der Waals surface area contributed by atoms with E-state index in [4.69, 9.17) is 4.74 Å². The Bertz CT molecular complexity index is 333. The number of nitrogens with one attached hydrogen (secondary N) is 2. The molecule has 0 aromatic heterocycles. The van der Waals surface area contributed by atoms with Crippen LogP contribution in [0.4, 0.5) is 0 Å². The van der Waals surface area contributed by atoms with Gasteiger partial charge in [0.25, 0.3) is 0 Å². The van der Waals surface area contributed by atoms with Crippen molar-refractivity contribution in [2.24, 2.45) is 4.99 Å². The quantitative estimate of drug-likeness (QED) is 0.456. The molecule has 0 aliphatic rings. The summed E-state index contributed by atoms with van der Waals surface area (Å²) in [6, 6.07) is 8.02. The van der Waals surface area contributed by atoms with Crippen molar-refractivity contribution in [3.8, 4) is 5.75 Å². The summed E-state index contributed by atoms with van der Waals surface area (Å²) in [6.07, 6.45) is 0. The monoisotopic (exact) mass is 221 g/mol. The van der Waals surface area contributed by atoms with Crippen molar-refractivity contribution >= 4 is 5.96 Å². The molecule has 1 aromatic rings. The summed E-state index contributed by atoms with van der Waals surface area (Å²) in [4.78, 5) is 4.00.